The molecule has 0 saturated heterocycles. The van der Waals surface area contributed by atoms with Gasteiger partial charge in [-0.2, -0.15) is 13.2 Å². The zero-order valence-corrected chi connectivity index (χ0v) is 14.5. The van der Waals surface area contributed by atoms with Crippen molar-refractivity contribution >= 4 is 16.7 Å². The minimum atomic E-state index is -4.94. The van der Waals surface area contributed by atoms with Crippen molar-refractivity contribution in [3.05, 3.63) is 65.6 Å². The molecule has 2 aromatic carbocycles. The van der Waals surface area contributed by atoms with E-state index in [1.54, 1.807) is 10.6 Å². The summed E-state index contributed by atoms with van der Waals surface area (Å²) in [6.45, 7) is 2.30. The highest BCUT2D eigenvalue weighted by molar-refractivity contribution is 6.11. The molecule has 0 amide bonds. The molecule has 7 heteroatoms. The van der Waals surface area contributed by atoms with Crippen LogP contribution in [0.4, 0.5) is 17.6 Å². The first kappa shape index (κ1) is 18.9. The molecule has 0 radical (unpaired) electrons. The Morgan fingerprint density at radius 3 is 2.44 bits per heavy atom. The molecular weight excluding hydrogens is 362 g/mol. The molecule has 0 aliphatic carbocycles. The number of fused-ring (bicyclic) bond motifs is 1. The van der Waals surface area contributed by atoms with Crippen molar-refractivity contribution in [1.29, 1.82) is 0 Å². The van der Waals surface area contributed by atoms with E-state index in [-0.39, 0.29) is 29.9 Å². The Morgan fingerprint density at radius 1 is 1.11 bits per heavy atom. The van der Waals surface area contributed by atoms with Gasteiger partial charge in [-0.3, -0.25) is 4.79 Å². The third kappa shape index (κ3) is 3.97. The Bertz CT molecular complexity index is 959. The highest BCUT2D eigenvalue weighted by Crippen LogP contribution is 2.30. The van der Waals surface area contributed by atoms with Gasteiger partial charge in [-0.25, -0.2) is 4.39 Å². The van der Waals surface area contributed by atoms with Gasteiger partial charge in [-0.05, 0) is 36.2 Å². The number of halogens is 4. The van der Waals surface area contributed by atoms with Gasteiger partial charge in [-0.15, -0.1) is 0 Å². The number of aryl methyl sites for hydroxylation is 1. The molecule has 1 heterocycles. The number of ether oxygens (including phenoxy) is 1. The predicted octanol–water partition coefficient (Wildman–Crippen LogP) is 5.17. The summed E-state index contributed by atoms with van der Waals surface area (Å²) >= 11 is 0. The maximum absolute atomic E-state index is 12.9. The number of alkyl halides is 3. The fourth-order valence-electron chi connectivity index (χ4n) is 3.03. The molecule has 0 atom stereocenters. The second kappa shape index (κ2) is 7.42. The van der Waals surface area contributed by atoms with Crippen molar-refractivity contribution in [1.82, 2.24) is 4.57 Å². The van der Waals surface area contributed by atoms with Gasteiger partial charge >= 0.3 is 6.18 Å². The smallest absolute Gasteiger partial charge is 0.454 e. The number of carbonyl (C=O) groups excluding carboxylic acids is 1. The zero-order valence-electron chi connectivity index (χ0n) is 14.5. The van der Waals surface area contributed by atoms with E-state index in [1.165, 1.54) is 36.5 Å². The van der Waals surface area contributed by atoms with Crippen LogP contribution in [0.15, 0.2) is 48.7 Å². The van der Waals surface area contributed by atoms with Gasteiger partial charge in [-0.1, -0.05) is 25.1 Å². The highest BCUT2D eigenvalue weighted by atomic mass is 19.4. The fourth-order valence-corrected chi connectivity index (χ4v) is 3.03. The van der Waals surface area contributed by atoms with Crippen molar-refractivity contribution in [3.8, 4) is 5.75 Å². The van der Waals surface area contributed by atoms with E-state index in [9.17, 15) is 22.4 Å². The van der Waals surface area contributed by atoms with E-state index in [2.05, 4.69) is 0 Å². The van der Waals surface area contributed by atoms with Crippen molar-refractivity contribution < 1.29 is 27.1 Å². The number of ketones is 1. The fraction of sp³-hybridized carbons (Fsp3) is 0.250. The minimum Gasteiger partial charge on any atom is -0.492 e. The Morgan fingerprint density at radius 2 is 1.81 bits per heavy atom. The Labute approximate surface area is 153 Å². The lowest BCUT2D eigenvalue weighted by molar-refractivity contribution is -0.0884. The summed E-state index contributed by atoms with van der Waals surface area (Å²) in [5.41, 5.74) is 1.07. The first-order valence-corrected chi connectivity index (χ1v) is 8.42. The number of para-hydroxylation sites is 1. The summed E-state index contributed by atoms with van der Waals surface area (Å²) in [5, 5.41) is 0.276. The lowest BCUT2D eigenvalue weighted by atomic mass is 10.0. The lowest BCUT2D eigenvalue weighted by Crippen LogP contribution is -2.22. The van der Waals surface area contributed by atoms with Crippen molar-refractivity contribution in [2.45, 2.75) is 26.1 Å². The number of aromatic nitrogens is 1. The summed E-state index contributed by atoms with van der Waals surface area (Å²) in [6.07, 6.45) is -3.10. The number of Topliss-reactive ketones (excluding diaryl/α,β-unsaturated/α-hetero) is 1. The molecule has 0 fully saturated rings. The molecule has 0 unspecified atom stereocenters. The molecule has 0 aliphatic rings. The SMILES string of the molecule is CCc1cccc2c(C(=O)C(F)(F)F)cn(CCOc3ccc(F)cc3)c12. The number of hydrogen-bond acceptors (Lipinski definition) is 2. The van der Waals surface area contributed by atoms with Gasteiger partial charge in [0, 0.05) is 11.6 Å². The number of hydrogen-bond donors (Lipinski definition) is 0. The number of carbonyl (C=O) groups is 1. The molecule has 0 aliphatic heterocycles. The largest absolute Gasteiger partial charge is 0.492 e. The summed E-state index contributed by atoms with van der Waals surface area (Å²) in [6, 6.07) is 10.4. The average molecular weight is 379 g/mol. The van der Waals surface area contributed by atoms with Crippen LogP contribution in [0.3, 0.4) is 0 Å². The molecular formula is C20H17F4NO2. The van der Waals surface area contributed by atoms with Gasteiger partial charge in [0.05, 0.1) is 17.6 Å². The number of nitrogens with zero attached hydrogens (tertiary/aromatic N) is 1. The monoisotopic (exact) mass is 379 g/mol. The van der Waals surface area contributed by atoms with E-state index in [4.69, 9.17) is 4.74 Å². The van der Waals surface area contributed by atoms with Crippen molar-refractivity contribution in [2.75, 3.05) is 6.61 Å². The molecule has 3 nitrogen and oxygen atoms in total. The van der Waals surface area contributed by atoms with Crippen LogP contribution in [0.5, 0.6) is 5.75 Å². The van der Waals surface area contributed by atoms with Crippen molar-refractivity contribution in [3.63, 3.8) is 0 Å². The number of rotatable bonds is 6. The topological polar surface area (TPSA) is 31.2 Å². The Balaban J connectivity index is 1.92. The summed E-state index contributed by atoms with van der Waals surface area (Å²) < 4.78 is 58.9. The van der Waals surface area contributed by atoms with Crippen LogP contribution in [0.25, 0.3) is 10.9 Å². The van der Waals surface area contributed by atoms with Crippen molar-refractivity contribution in [2.24, 2.45) is 0 Å². The minimum absolute atomic E-state index is 0.160. The van der Waals surface area contributed by atoms with Crippen LogP contribution in [0.2, 0.25) is 0 Å². The van der Waals surface area contributed by atoms with Gasteiger partial charge in [0.1, 0.15) is 18.2 Å². The van der Waals surface area contributed by atoms with Gasteiger partial charge < -0.3 is 9.30 Å². The Hall–Kier alpha value is -2.83. The molecule has 27 heavy (non-hydrogen) atoms. The third-order valence-corrected chi connectivity index (χ3v) is 4.28. The molecule has 142 valence electrons. The Kier molecular flexibility index (Phi) is 5.21. The molecule has 1 aromatic heterocycles. The van der Waals surface area contributed by atoms with Crippen LogP contribution in [-0.2, 0) is 13.0 Å². The molecule has 3 aromatic rings. The molecule has 0 saturated carbocycles. The van der Waals surface area contributed by atoms with Crippen LogP contribution in [0.1, 0.15) is 22.8 Å². The van der Waals surface area contributed by atoms with E-state index in [0.717, 1.165) is 5.56 Å². The van der Waals surface area contributed by atoms with Gasteiger partial charge in [0.2, 0.25) is 0 Å². The zero-order chi connectivity index (χ0) is 19.6. The van der Waals surface area contributed by atoms with E-state index < -0.39 is 12.0 Å². The van der Waals surface area contributed by atoms with Gasteiger partial charge in [0.15, 0.2) is 0 Å². The summed E-state index contributed by atoms with van der Waals surface area (Å²) in [5.74, 6) is -1.80. The number of benzene rings is 2. The van der Waals surface area contributed by atoms with Gasteiger partial charge in [0.25, 0.3) is 5.78 Å². The quantitative estimate of drug-likeness (QED) is 0.437. The molecule has 3 rings (SSSR count). The normalized spacial score (nSPS) is 11.7. The maximum Gasteiger partial charge on any atom is 0.454 e. The van der Waals surface area contributed by atoms with Crippen LogP contribution < -0.4 is 4.74 Å². The standard InChI is InChI=1S/C20H17F4NO2/c1-2-13-4-3-5-16-17(19(26)20(22,23)24)12-25(18(13)16)10-11-27-15-8-6-14(21)7-9-15/h3-9,12H,2,10-11H2,1H3. The molecule has 0 bridgehead atoms. The lowest BCUT2D eigenvalue weighted by Gasteiger charge is -2.10. The second-order valence-electron chi connectivity index (χ2n) is 6.03. The molecule has 0 N–H and O–H groups in total. The first-order chi connectivity index (χ1) is 12.8. The highest BCUT2D eigenvalue weighted by Gasteiger charge is 2.41. The van der Waals surface area contributed by atoms with Crippen LogP contribution >= 0.6 is 0 Å². The van der Waals surface area contributed by atoms with Crippen LogP contribution in [-0.4, -0.2) is 23.1 Å². The van der Waals surface area contributed by atoms with E-state index in [1.807, 2.05) is 13.0 Å². The molecule has 0 spiro atoms. The summed E-state index contributed by atoms with van der Waals surface area (Å²) in [4.78, 5) is 11.8. The van der Waals surface area contributed by atoms with E-state index >= 15 is 0 Å². The summed E-state index contributed by atoms with van der Waals surface area (Å²) in [7, 11) is 0. The average Bonchev–Trinajstić information content (AvgIpc) is 3.00. The maximum atomic E-state index is 12.9. The van der Waals surface area contributed by atoms with E-state index in [0.29, 0.717) is 17.7 Å². The predicted molar refractivity (Wildman–Crippen MR) is 93.6 cm³/mol. The third-order valence-electron chi connectivity index (χ3n) is 4.28. The van der Waals surface area contributed by atoms with Crippen LogP contribution in [0, 0.1) is 5.82 Å². The first-order valence-electron chi connectivity index (χ1n) is 8.42. The second-order valence-corrected chi connectivity index (χ2v) is 6.03.